The SMILES string of the molecule is O=C(CCn1ccn2nc3c(c2c1=O)CCCC3)NCc1ccc(F)c(Cl)c1. The van der Waals surface area contributed by atoms with Crippen molar-refractivity contribution in [2.75, 3.05) is 0 Å². The molecule has 1 aromatic carbocycles. The Balaban J connectivity index is 1.42. The van der Waals surface area contributed by atoms with Crippen LogP contribution >= 0.6 is 11.6 Å². The molecule has 0 saturated carbocycles. The first-order valence-electron chi connectivity index (χ1n) is 9.33. The minimum Gasteiger partial charge on any atom is -0.352 e. The average Bonchev–Trinajstić information content (AvgIpc) is 3.07. The van der Waals surface area contributed by atoms with Gasteiger partial charge >= 0.3 is 0 Å². The molecule has 1 N–H and O–H groups in total. The van der Waals surface area contributed by atoms with Gasteiger partial charge in [0, 0.05) is 37.5 Å². The summed E-state index contributed by atoms with van der Waals surface area (Å²) >= 11 is 5.74. The van der Waals surface area contributed by atoms with E-state index in [1.165, 1.54) is 12.1 Å². The van der Waals surface area contributed by atoms with E-state index in [1.54, 1.807) is 27.5 Å². The Morgan fingerprint density at radius 2 is 2.07 bits per heavy atom. The number of aryl methyl sites for hydroxylation is 3. The zero-order valence-electron chi connectivity index (χ0n) is 15.3. The Labute approximate surface area is 165 Å². The monoisotopic (exact) mass is 402 g/mol. The van der Waals surface area contributed by atoms with Crippen molar-refractivity contribution in [3.63, 3.8) is 0 Å². The Morgan fingerprint density at radius 1 is 1.25 bits per heavy atom. The number of nitrogens with zero attached hydrogens (tertiary/aromatic N) is 3. The van der Waals surface area contributed by atoms with E-state index in [0.717, 1.165) is 36.9 Å². The molecule has 1 aliphatic rings. The highest BCUT2D eigenvalue weighted by Gasteiger charge is 2.19. The first-order valence-corrected chi connectivity index (χ1v) is 9.71. The third kappa shape index (κ3) is 3.67. The Kier molecular flexibility index (Phi) is 5.17. The smallest absolute Gasteiger partial charge is 0.276 e. The van der Waals surface area contributed by atoms with Crippen LogP contribution in [0, 0.1) is 5.82 Å². The summed E-state index contributed by atoms with van der Waals surface area (Å²) in [5, 5.41) is 7.30. The van der Waals surface area contributed by atoms with Crippen LogP contribution in [0.5, 0.6) is 0 Å². The van der Waals surface area contributed by atoms with Gasteiger partial charge in [0.25, 0.3) is 5.56 Å². The lowest BCUT2D eigenvalue weighted by atomic mass is 9.97. The van der Waals surface area contributed by atoms with Gasteiger partial charge < -0.3 is 9.88 Å². The average molecular weight is 403 g/mol. The van der Waals surface area contributed by atoms with Crippen LogP contribution in [0.2, 0.25) is 5.02 Å². The number of benzene rings is 1. The van der Waals surface area contributed by atoms with Crippen molar-refractivity contribution >= 4 is 23.0 Å². The van der Waals surface area contributed by atoms with E-state index in [4.69, 9.17) is 11.6 Å². The van der Waals surface area contributed by atoms with Crippen LogP contribution in [0.4, 0.5) is 4.39 Å². The number of hydrogen-bond acceptors (Lipinski definition) is 3. The molecule has 3 aromatic rings. The second-order valence-corrected chi connectivity index (χ2v) is 7.40. The van der Waals surface area contributed by atoms with E-state index in [-0.39, 0.29) is 36.0 Å². The van der Waals surface area contributed by atoms with E-state index < -0.39 is 5.82 Å². The maximum absolute atomic E-state index is 13.2. The van der Waals surface area contributed by atoms with Crippen LogP contribution in [0.15, 0.2) is 35.4 Å². The minimum absolute atomic E-state index is 0.0238. The van der Waals surface area contributed by atoms with Gasteiger partial charge in [-0.25, -0.2) is 8.91 Å². The van der Waals surface area contributed by atoms with Gasteiger partial charge in [0.2, 0.25) is 5.91 Å². The zero-order valence-corrected chi connectivity index (χ0v) is 16.0. The fourth-order valence-corrected chi connectivity index (χ4v) is 3.80. The van der Waals surface area contributed by atoms with E-state index in [9.17, 15) is 14.0 Å². The molecule has 146 valence electrons. The standard InChI is InChI=1S/C20H20ClFN4O2/c21-15-11-13(5-6-16(15)22)12-23-18(27)7-8-25-9-10-26-19(20(25)28)14-3-1-2-4-17(14)24-26/h5-6,9-11H,1-4,7-8,12H2,(H,23,27). The number of halogens is 2. The van der Waals surface area contributed by atoms with Crippen molar-refractivity contribution in [3.8, 4) is 0 Å². The molecule has 1 amide bonds. The molecule has 28 heavy (non-hydrogen) atoms. The van der Waals surface area contributed by atoms with Crippen LogP contribution in [0.1, 0.15) is 36.1 Å². The molecule has 0 bridgehead atoms. The molecule has 2 heterocycles. The minimum atomic E-state index is -0.492. The third-order valence-electron chi connectivity index (χ3n) is 5.09. The molecule has 0 fully saturated rings. The van der Waals surface area contributed by atoms with E-state index in [0.29, 0.717) is 11.1 Å². The Bertz CT molecular complexity index is 1110. The number of carbonyl (C=O) groups excluding carboxylic acids is 1. The summed E-state index contributed by atoms with van der Waals surface area (Å²) in [6.07, 6.45) is 7.56. The van der Waals surface area contributed by atoms with Gasteiger partial charge in [-0.2, -0.15) is 5.10 Å². The predicted octanol–water partition coefficient (Wildman–Crippen LogP) is 2.87. The van der Waals surface area contributed by atoms with Crippen molar-refractivity contribution in [3.05, 3.63) is 68.6 Å². The molecule has 6 nitrogen and oxygen atoms in total. The fourth-order valence-electron chi connectivity index (χ4n) is 3.59. The molecule has 0 unspecified atom stereocenters. The van der Waals surface area contributed by atoms with Crippen LogP contribution in [0.3, 0.4) is 0 Å². The molecule has 2 aromatic heterocycles. The van der Waals surface area contributed by atoms with Crippen molar-refractivity contribution in [1.29, 1.82) is 0 Å². The molecule has 1 aliphatic carbocycles. The van der Waals surface area contributed by atoms with Gasteiger partial charge in [0.05, 0.1) is 10.7 Å². The fraction of sp³-hybridized carbons (Fsp3) is 0.350. The number of carbonyl (C=O) groups is 1. The lowest BCUT2D eigenvalue weighted by Crippen LogP contribution is -2.28. The van der Waals surface area contributed by atoms with E-state index >= 15 is 0 Å². The molecular weight excluding hydrogens is 383 g/mol. The van der Waals surface area contributed by atoms with Crippen molar-refractivity contribution in [1.82, 2.24) is 19.5 Å². The van der Waals surface area contributed by atoms with Crippen LogP contribution < -0.4 is 10.9 Å². The quantitative estimate of drug-likeness (QED) is 0.713. The van der Waals surface area contributed by atoms with Crippen molar-refractivity contribution in [2.45, 2.75) is 45.2 Å². The highest BCUT2D eigenvalue weighted by molar-refractivity contribution is 6.30. The summed E-state index contributed by atoms with van der Waals surface area (Å²) in [7, 11) is 0. The lowest BCUT2D eigenvalue weighted by Gasteiger charge is -2.10. The lowest BCUT2D eigenvalue weighted by molar-refractivity contribution is -0.121. The molecule has 0 radical (unpaired) electrons. The number of hydrogen-bond donors (Lipinski definition) is 1. The van der Waals surface area contributed by atoms with Gasteiger partial charge in [-0.15, -0.1) is 0 Å². The topological polar surface area (TPSA) is 68.4 Å². The number of nitrogens with one attached hydrogen (secondary N) is 1. The summed E-state index contributed by atoms with van der Waals surface area (Å²) in [6, 6.07) is 4.33. The summed E-state index contributed by atoms with van der Waals surface area (Å²) < 4.78 is 16.4. The largest absolute Gasteiger partial charge is 0.352 e. The molecule has 0 saturated heterocycles. The van der Waals surface area contributed by atoms with Gasteiger partial charge in [-0.1, -0.05) is 17.7 Å². The highest BCUT2D eigenvalue weighted by atomic mass is 35.5. The zero-order chi connectivity index (χ0) is 19.7. The number of aromatic nitrogens is 3. The second kappa shape index (κ2) is 7.75. The number of amides is 1. The molecule has 0 atom stereocenters. The van der Waals surface area contributed by atoms with Crippen LogP contribution in [-0.2, 0) is 30.7 Å². The number of rotatable bonds is 5. The van der Waals surface area contributed by atoms with E-state index in [1.807, 2.05) is 0 Å². The second-order valence-electron chi connectivity index (χ2n) is 7.00. The van der Waals surface area contributed by atoms with Crippen LogP contribution in [0.25, 0.3) is 5.52 Å². The Morgan fingerprint density at radius 3 is 2.89 bits per heavy atom. The molecule has 8 heteroatoms. The van der Waals surface area contributed by atoms with Crippen LogP contribution in [-0.4, -0.2) is 20.1 Å². The first-order chi connectivity index (χ1) is 13.5. The maximum atomic E-state index is 13.2. The van der Waals surface area contributed by atoms with Gasteiger partial charge in [0.1, 0.15) is 11.3 Å². The summed E-state index contributed by atoms with van der Waals surface area (Å²) in [6.45, 7) is 0.536. The summed E-state index contributed by atoms with van der Waals surface area (Å²) in [4.78, 5) is 25.0. The molecule has 0 spiro atoms. The summed E-state index contributed by atoms with van der Waals surface area (Å²) in [5.41, 5.74) is 3.28. The van der Waals surface area contributed by atoms with Gasteiger partial charge in [-0.3, -0.25) is 9.59 Å². The predicted molar refractivity (Wildman–Crippen MR) is 104 cm³/mol. The maximum Gasteiger partial charge on any atom is 0.276 e. The molecule has 4 rings (SSSR count). The third-order valence-corrected chi connectivity index (χ3v) is 5.38. The molecule has 0 aliphatic heterocycles. The van der Waals surface area contributed by atoms with Crippen molar-refractivity contribution in [2.24, 2.45) is 0 Å². The first kappa shape index (κ1) is 18.7. The van der Waals surface area contributed by atoms with Gasteiger partial charge in [-0.05, 0) is 43.4 Å². The molecular formula is C20H20ClFN4O2. The highest BCUT2D eigenvalue weighted by Crippen LogP contribution is 2.22. The normalized spacial score (nSPS) is 13.5. The Hall–Kier alpha value is -2.67. The van der Waals surface area contributed by atoms with E-state index in [2.05, 4.69) is 10.4 Å². The summed E-state index contributed by atoms with van der Waals surface area (Å²) in [5.74, 6) is -0.684. The van der Waals surface area contributed by atoms with Gasteiger partial charge in [0.15, 0.2) is 0 Å². The number of fused-ring (bicyclic) bond motifs is 3. The van der Waals surface area contributed by atoms with Crippen molar-refractivity contribution < 1.29 is 9.18 Å².